The van der Waals surface area contributed by atoms with Crippen LogP contribution in [0.1, 0.15) is 27.7 Å². The summed E-state index contributed by atoms with van der Waals surface area (Å²) in [6.07, 6.45) is 0. The van der Waals surface area contributed by atoms with E-state index < -0.39 is 7.12 Å². The van der Waals surface area contributed by atoms with Crippen LogP contribution in [0, 0.1) is 0 Å². The highest BCUT2D eigenvalue weighted by molar-refractivity contribution is 6.65. The van der Waals surface area contributed by atoms with Gasteiger partial charge in [0.05, 0.1) is 11.2 Å². The van der Waals surface area contributed by atoms with Gasteiger partial charge in [-0.1, -0.05) is 11.6 Å². The van der Waals surface area contributed by atoms with E-state index in [4.69, 9.17) is 26.6 Å². The molecule has 0 radical (unpaired) electrons. The Bertz CT molecular complexity index is 436. The number of benzene rings is 1. The molecule has 1 fully saturated rings. The summed E-state index contributed by atoms with van der Waals surface area (Å²) >= 11 is 6.15. The molecule has 0 aromatic heterocycles. The fourth-order valence-corrected chi connectivity index (χ4v) is 1.92. The van der Waals surface area contributed by atoms with Crippen LogP contribution in [0.25, 0.3) is 0 Å². The fourth-order valence-electron chi connectivity index (χ4n) is 1.71. The van der Waals surface area contributed by atoms with Crippen LogP contribution in [0.15, 0.2) is 18.2 Å². The van der Waals surface area contributed by atoms with E-state index in [0.717, 1.165) is 5.46 Å². The second-order valence-corrected chi connectivity index (χ2v) is 5.78. The van der Waals surface area contributed by atoms with Gasteiger partial charge in [0, 0.05) is 16.2 Å². The average Bonchev–Trinajstić information content (AvgIpc) is 2.40. The van der Waals surface area contributed by atoms with Crippen molar-refractivity contribution in [1.29, 1.82) is 0 Å². The van der Waals surface area contributed by atoms with Crippen LogP contribution in [0.2, 0.25) is 5.02 Å². The Morgan fingerprint density at radius 1 is 1.11 bits per heavy atom. The van der Waals surface area contributed by atoms with Gasteiger partial charge in [0.2, 0.25) is 0 Å². The molecule has 0 amide bonds. The molecule has 1 aromatic carbocycles. The van der Waals surface area contributed by atoms with Gasteiger partial charge in [0.1, 0.15) is 0 Å². The molecule has 1 heterocycles. The predicted molar refractivity (Wildman–Crippen MR) is 78.8 cm³/mol. The van der Waals surface area contributed by atoms with E-state index >= 15 is 0 Å². The zero-order valence-electron chi connectivity index (χ0n) is 11.0. The van der Waals surface area contributed by atoms with Crippen molar-refractivity contribution in [2.45, 2.75) is 38.9 Å². The average molecular weight is 290 g/mol. The molecule has 1 saturated heterocycles. The molecule has 0 saturated carbocycles. The number of hydrogen-bond donors (Lipinski definition) is 1. The van der Waals surface area contributed by atoms with Crippen LogP contribution < -0.4 is 11.2 Å². The van der Waals surface area contributed by atoms with E-state index in [-0.39, 0.29) is 23.6 Å². The predicted octanol–water partition coefficient (Wildman–Crippen LogP) is 2.64. The Hall–Kier alpha value is -0.415. The Balaban J connectivity index is 0.00000162. The van der Waals surface area contributed by atoms with Gasteiger partial charge >= 0.3 is 7.12 Å². The molecule has 1 aliphatic rings. The van der Waals surface area contributed by atoms with E-state index in [1.165, 1.54) is 0 Å². The summed E-state index contributed by atoms with van der Waals surface area (Å²) in [6.45, 7) is 8.03. The SMILES string of the molecule is CC1(C)OB(c2cc(N)ccc2Cl)OC1(C)C.Cl. The second kappa shape index (κ2) is 4.93. The fraction of sp³-hybridized carbons (Fsp3) is 0.500. The molecular weight excluding hydrogens is 272 g/mol. The van der Waals surface area contributed by atoms with E-state index in [1.54, 1.807) is 18.2 Å². The van der Waals surface area contributed by atoms with E-state index in [2.05, 4.69) is 0 Å². The van der Waals surface area contributed by atoms with Crippen molar-refractivity contribution >= 4 is 42.3 Å². The normalized spacial score (nSPS) is 20.6. The highest BCUT2D eigenvalue weighted by Gasteiger charge is 2.52. The minimum atomic E-state index is -0.462. The van der Waals surface area contributed by atoms with Crippen LogP contribution in [0.5, 0.6) is 0 Å². The van der Waals surface area contributed by atoms with Gasteiger partial charge in [-0.05, 0) is 45.9 Å². The summed E-state index contributed by atoms with van der Waals surface area (Å²) in [6, 6.07) is 5.32. The summed E-state index contributed by atoms with van der Waals surface area (Å²) in [5, 5.41) is 0.609. The molecule has 0 aliphatic carbocycles. The Morgan fingerprint density at radius 2 is 1.61 bits per heavy atom. The first-order valence-corrected chi connectivity index (χ1v) is 6.01. The monoisotopic (exact) mass is 289 g/mol. The maximum absolute atomic E-state index is 6.15. The maximum atomic E-state index is 6.15. The van der Waals surface area contributed by atoms with E-state index in [0.29, 0.717) is 10.7 Å². The van der Waals surface area contributed by atoms with Gasteiger partial charge in [-0.15, -0.1) is 12.4 Å². The van der Waals surface area contributed by atoms with Crippen LogP contribution in [0.4, 0.5) is 5.69 Å². The molecule has 1 aliphatic heterocycles. The summed E-state index contributed by atoms with van der Waals surface area (Å²) < 4.78 is 11.8. The summed E-state index contributed by atoms with van der Waals surface area (Å²) in [5.74, 6) is 0. The lowest BCUT2D eigenvalue weighted by Crippen LogP contribution is -2.41. The molecule has 2 rings (SSSR count). The molecule has 2 N–H and O–H groups in total. The van der Waals surface area contributed by atoms with Crippen LogP contribution in [-0.4, -0.2) is 18.3 Å². The quantitative estimate of drug-likeness (QED) is 0.638. The number of anilines is 1. The smallest absolute Gasteiger partial charge is 0.399 e. The van der Waals surface area contributed by atoms with Gasteiger partial charge in [0.15, 0.2) is 0 Å². The topological polar surface area (TPSA) is 44.5 Å². The number of hydrogen-bond acceptors (Lipinski definition) is 3. The minimum absolute atomic E-state index is 0. The molecular formula is C12H18BCl2NO2. The highest BCUT2D eigenvalue weighted by atomic mass is 35.5. The second-order valence-electron chi connectivity index (χ2n) is 5.37. The Morgan fingerprint density at radius 3 is 2.11 bits per heavy atom. The van der Waals surface area contributed by atoms with Crippen LogP contribution in [0.3, 0.4) is 0 Å². The molecule has 0 unspecified atom stereocenters. The van der Waals surface area contributed by atoms with Crippen molar-refractivity contribution in [1.82, 2.24) is 0 Å². The van der Waals surface area contributed by atoms with Gasteiger partial charge in [0.25, 0.3) is 0 Å². The lowest BCUT2D eigenvalue weighted by Gasteiger charge is -2.32. The third kappa shape index (κ3) is 2.62. The standard InChI is InChI=1S/C12H17BClNO2.ClH/c1-11(2)12(3,4)17-13(16-11)9-7-8(15)5-6-10(9)14;/h5-7H,15H2,1-4H3;1H. The largest absolute Gasteiger partial charge is 0.496 e. The highest BCUT2D eigenvalue weighted by Crippen LogP contribution is 2.37. The minimum Gasteiger partial charge on any atom is -0.399 e. The van der Waals surface area contributed by atoms with Gasteiger partial charge in [-0.2, -0.15) is 0 Å². The van der Waals surface area contributed by atoms with Crippen molar-refractivity contribution in [3.05, 3.63) is 23.2 Å². The van der Waals surface area contributed by atoms with Crippen molar-refractivity contribution < 1.29 is 9.31 Å². The molecule has 100 valence electrons. The molecule has 1 aromatic rings. The van der Waals surface area contributed by atoms with Crippen molar-refractivity contribution in [3.63, 3.8) is 0 Å². The van der Waals surface area contributed by atoms with E-state index in [1.807, 2.05) is 27.7 Å². The Kier molecular flexibility index (Phi) is 4.28. The van der Waals surface area contributed by atoms with Crippen molar-refractivity contribution in [2.24, 2.45) is 0 Å². The van der Waals surface area contributed by atoms with Gasteiger partial charge in [-0.25, -0.2) is 0 Å². The van der Waals surface area contributed by atoms with Gasteiger partial charge in [-0.3, -0.25) is 0 Å². The number of nitrogen functional groups attached to an aromatic ring is 1. The van der Waals surface area contributed by atoms with Crippen LogP contribution >= 0.6 is 24.0 Å². The Labute approximate surface area is 120 Å². The first-order valence-electron chi connectivity index (χ1n) is 5.63. The first kappa shape index (κ1) is 15.6. The molecule has 18 heavy (non-hydrogen) atoms. The van der Waals surface area contributed by atoms with E-state index in [9.17, 15) is 0 Å². The lowest BCUT2D eigenvalue weighted by atomic mass is 9.79. The summed E-state index contributed by atoms with van der Waals surface area (Å²) in [4.78, 5) is 0. The number of rotatable bonds is 1. The first-order chi connectivity index (χ1) is 7.73. The van der Waals surface area contributed by atoms with Gasteiger partial charge < -0.3 is 15.0 Å². The molecule has 3 nitrogen and oxygen atoms in total. The summed E-state index contributed by atoms with van der Waals surface area (Å²) in [7, 11) is -0.462. The van der Waals surface area contributed by atoms with Crippen LogP contribution in [-0.2, 0) is 9.31 Å². The zero-order chi connectivity index (χ0) is 12.8. The van der Waals surface area contributed by atoms with Crippen molar-refractivity contribution in [3.8, 4) is 0 Å². The molecule has 0 spiro atoms. The zero-order valence-corrected chi connectivity index (χ0v) is 12.6. The molecule has 0 bridgehead atoms. The third-order valence-electron chi connectivity index (χ3n) is 3.53. The lowest BCUT2D eigenvalue weighted by molar-refractivity contribution is 0.00578. The summed E-state index contributed by atoms with van der Waals surface area (Å²) in [5.41, 5.74) is 6.46. The van der Waals surface area contributed by atoms with Crippen molar-refractivity contribution in [2.75, 3.05) is 5.73 Å². The maximum Gasteiger partial charge on any atom is 0.496 e. The molecule has 6 heteroatoms. The molecule has 0 atom stereocenters. The number of halogens is 2. The number of nitrogens with two attached hydrogens (primary N) is 1. The third-order valence-corrected chi connectivity index (χ3v) is 3.87.